The molecule has 16 heavy (non-hydrogen) atoms. The number of hydrogen-bond acceptors (Lipinski definition) is 2. The van der Waals surface area contributed by atoms with Crippen LogP contribution in [0.2, 0.25) is 18.1 Å². The lowest BCUT2D eigenvalue weighted by molar-refractivity contribution is -0.124. The van der Waals surface area contributed by atoms with E-state index in [0.717, 1.165) is 0 Å². The lowest BCUT2D eigenvalue weighted by Gasteiger charge is -2.41. The zero-order chi connectivity index (χ0) is 12.8. The summed E-state index contributed by atoms with van der Waals surface area (Å²) in [6, 6.07) is 0. The van der Waals surface area contributed by atoms with Crippen molar-refractivity contribution in [1.29, 1.82) is 0 Å². The van der Waals surface area contributed by atoms with Gasteiger partial charge in [-0.1, -0.05) is 26.8 Å². The first kappa shape index (κ1) is 13.7. The van der Waals surface area contributed by atoms with Crippen LogP contribution in [0.25, 0.3) is 0 Å². The monoisotopic (exact) mass is 240 g/mol. The minimum Gasteiger partial charge on any atom is -0.410 e. The van der Waals surface area contributed by atoms with Crippen LogP contribution in [0.1, 0.15) is 34.6 Å². The number of ketones is 1. The van der Waals surface area contributed by atoms with Gasteiger partial charge in [0.2, 0.25) is 0 Å². The maximum Gasteiger partial charge on any atom is 0.192 e. The third-order valence-electron chi connectivity index (χ3n) is 4.00. The Kier molecular flexibility index (Phi) is 3.25. The van der Waals surface area contributed by atoms with Crippen molar-refractivity contribution in [2.45, 2.75) is 58.9 Å². The maximum absolute atomic E-state index is 11.7. The van der Waals surface area contributed by atoms with Crippen LogP contribution in [0, 0.1) is 5.41 Å². The zero-order valence-corrected chi connectivity index (χ0v) is 12.5. The molecule has 1 rings (SSSR count). The van der Waals surface area contributed by atoms with Crippen LogP contribution in [-0.2, 0) is 9.22 Å². The lowest BCUT2D eigenvalue weighted by atomic mass is 9.87. The summed E-state index contributed by atoms with van der Waals surface area (Å²) >= 11 is 0. The largest absolute Gasteiger partial charge is 0.410 e. The molecular weight excluding hydrogens is 216 g/mol. The van der Waals surface area contributed by atoms with Crippen molar-refractivity contribution in [2.24, 2.45) is 5.41 Å². The van der Waals surface area contributed by atoms with Crippen LogP contribution in [0.5, 0.6) is 0 Å². The Morgan fingerprint density at radius 3 is 2.12 bits per heavy atom. The molecule has 0 aromatic carbocycles. The maximum atomic E-state index is 11.7. The van der Waals surface area contributed by atoms with Gasteiger partial charge in [-0.25, -0.2) is 0 Å². The Hall–Kier alpha value is -0.413. The Bertz CT molecular complexity index is 321. The molecule has 0 N–H and O–H groups in total. The van der Waals surface area contributed by atoms with Gasteiger partial charge in [0.25, 0.3) is 0 Å². The minimum absolute atomic E-state index is 0.0547. The van der Waals surface area contributed by atoms with Crippen molar-refractivity contribution < 1.29 is 9.22 Å². The molecule has 1 atom stereocenters. The van der Waals surface area contributed by atoms with Gasteiger partial charge in [-0.15, -0.1) is 0 Å². The molecule has 0 saturated heterocycles. The van der Waals surface area contributed by atoms with Crippen molar-refractivity contribution in [3.8, 4) is 0 Å². The summed E-state index contributed by atoms with van der Waals surface area (Å²) in [6.45, 7) is 15.0. The molecule has 1 aliphatic rings. The predicted molar refractivity (Wildman–Crippen MR) is 70.0 cm³/mol. The highest BCUT2D eigenvalue weighted by atomic mass is 28.4. The first-order chi connectivity index (χ1) is 6.98. The highest BCUT2D eigenvalue weighted by molar-refractivity contribution is 6.74. The first-order valence-electron chi connectivity index (χ1n) is 5.89. The first-order valence-corrected chi connectivity index (χ1v) is 8.80. The van der Waals surface area contributed by atoms with Crippen molar-refractivity contribution in [3.63, 3.8) is 0 Å². The van der Waals surface area contributed by atoms with E-state index in [9.17, 15) is 4.79 Å². The molecule has 92 valence electrons. The van der Waals surface area contributed by atoms with Crippen LogP contribution in [0.4, 0.5) is 0 Å². The number of allylic oxidation sites excluding steroid dienone is 1. The van der Waals surface area contributed by atoms with Gasteiger partial charge in [0.1, 0.15) is 0 Å². The molecule has 0 radical (unpaired) electrons. The molecule has 0 fully saturated rings. The van der Waals surface area contributed by atoms with Crippen LogP contribution in [0.15, 0.2) is 12.2 Å². The molecule has 0 heterocycles. The Balaban J connectivity index is 2.84. The second kappa shape index (κ2) is 3.81. The summed E-state index contributed by atoms with van der Waals surface area (Å²) in [4.78, 5) is 11.7. The van der Waals surface area contributed by atoms with E-state index in [1.165, 1.54) is 0 Å². The van der Waals surface area contributed by atoms with E-state index in [4.69, 9.17) is 4.43 Å². The average Bonchev–Trinajstić information content (AvgIpc) is 2.29. The molecule has 0 aromatic rings. The number of carbonyl (C=O) groups excluding carboxylic acids is 1. The molecule has 1 aliphatic carbocycles. The molecule has 0 aliphatic heterocycles. The second-order valence-corrected chi connectivity index (χ2v) is 11.5. The van der Waals surface area contributed by atoms with Crippen molar-refractivity contribution in [3.05, 3.63) is 12.2 Å². The number of rotatable bonds is 2. The van der Waals surface area contributed by atoms with E-state index in [2.05, 4.69) is 33.9 Å². The molecule has 0 spiro atoms. The second-order valence-electron chi connectivity index (χ2n) is 6.74. The van der Waals surface area contributed by atoms with Gasteiger partial charge in [0.15, 0.2) is 14.1 Å². The molecule has 3 heteroatoms. The van der Waals surface area contributed by atoms with Crippen LogP contribution in [-0.4, -0.2) is 20.2 Å². The molecule has 0 aromatic heterocycles. The molecular formula is C13H24O2Si. The number of carbonyl (C=O) groups is 1. The minimum atomic E-state index is -1.79. The molecule has 0 bridgehead atoms. The Morgan fingerprint density at radius 1 is 1.31 bits per heavy atom. The highest BCUT2D eigenvalue weighted by Gasteiger charge is 2.45. The van der Waals surface area contributed by atoms with Crippen LogP contribution < -0.4 is 0 Å². The van der Waals surface area contributed by atoms with E-state index in [1.807, 2.05) is 19.9 Å². The standard InChI is InChI=1S/C13H24O2Si/c1-12(2,3)16(6,7)15-11-9-8-10(14)13(11,4)5/h8-9,11H,1-7H3/t11-/m1/s1. The lowest BCUT2D eigenvalue weighted by Crippen LogP contribution is -2.47. The van der Waals surface area contributed by atoms with E-state index in [0.29, 0.717) is 0 Å². The highest BCUT2D eigenvalue weighted by Crippen LogP contribution is 2.41. The fraction of sp³-hybridized carbons (Fsp3) is 0.769. The predicted octanol–water partition coefficient (Wildman–Crippen LogP) is 3.54. The van der Waals surface area contributed by atoms with E-state index < -0.39 is 13.7 Å². The number of hydrogen-bond donors (Lipinski definition) is 0. The summed E-state index contributed by atoms with van der Waals surface area (Å²) in [5.74, 6) is 0.177. The van der Waals surface area contributed by atoms with Gasteiger partial charge in [-0.2, -0.15) is 0 Å². The summed E-state index contributed by atoms with van der Waals surface area (Å²) in [5.41, 5.74) is -0.393. The summed E-state index contributed by atoms with van der Waals surface area (Å²) < 4.78 is 6.28. The Labute approximate surface area is 100 Å². The van der Waals surface area contributed by atoms with Crippen molar-refractivity contribution >= 4 is 14.1 Å². The third-order valence-corrected chi connectivity index (χ3v) is 8.45. The van der Waals surface area contributed by atoms with E-state index in [1.54, 1.807) is 6.08 Å². The molecule has 2 nitrogen and oxygen atoms in total. The summed E-state index contributed by atoms with van der Waals surface area (Å²) in [7, 11) is -1.79. The van der Waals surface area contributed by atoms with Gasteiger partial charge >= 0.3 is 0 Å². The van der Waals surface area contributed by atoms with E-state index in [-0.39, 0.29) is 16.9 Å². The van der Waals surface area contributed by atoms with Gasteiger partial charge in [-0.05, 0) is 38.1 Å². The van der Waals surface area contributed by atoms with Gasteiger partial charge in [-0.3, -0.25) is 4.79 Å². The van der Waals surface area contributed by atoms with E-state index >= 15 is 0 Å². The smallest absolute Gasteiger partial charge is 0.192 e. The summed E-state index contributed by atoms with van der Waals surface area (Å²) in [6.07, 6.45) is 3.53. The van der Waals surface area contributed by atoms with Crippen molar-refractivity contribution in [1.82, 2.24) is 0 Å². The quantitative estimate of drug-likeness (QED) is 0.690. The molecule has 0 unspecified atom stereocenters. The van der Waals surface area contributed by atoms with Gasteiger partial charge in [0, 0.05) is 0 Å². The normalized spacial score (nSPS) is 25.2. The van der Waals surface area contributed by atoms with Crippen LogP contribution in [0.3, 0.4) is 0 Å². The fourth-order valence-corrected chi connectivity index (χ4v) is 2.81. The van der Waals surface area contributed by atoms with Gasteiger partial charge in [0.05, 0.1) is 11.5 Å². The topological polar surface area (TPSA) is 26.3 Å². The van der Waals surface area contributed by atoms with Gasteiger partial charge < -0.3 is 4.43 Å². The Morgan fingerprint density at radius 2 is 1.81 bits per heavy atom. The third kappa shape index (κ3) is 2.30. The molecule has 0 saturated carbocycles. The zero-order valence-electron chi connectivity index (χ0n) is 11.5. The average molecular weight is 240 g/mol. The SMILES string of the molecule is CC1(C)C(=O)C=C[C@H]1O[Si](C)(C)C(C)(C)C. The fourth-order valence-electron chi connectivity index (χ4n) is 1.45. The van der Waals surface area contributed by atoms with Crippen molar-refractivity contribution in [2.75, 3.05) is 0 Å². The molecule has 0 amide bonds. The van der Waals surface area contributed by atoms with Crippen LogP contribution >= 0.6 is 0 Å². The summed E-state index contributed by atoms with van der Waals surface area (Å²) in [5, 5.41) is 0.183.